The van der Waals surface area contributed by atoms with Crippen molar-refractivity contribution in [2.24, 2.45) is 0 Å². The smallest absolute Gasteiger partial charge is 0.129 e. The van der Waals surface area contributed by atoms with Gasteiger partial charge in [-0.2, -0.15) is 0 Å². The van der Waals surface area contributed by atoms with Gasteiger partial charge in [0.1, 0.15) is 11.6 Å². The lowest BCUT2D eigenvalue weighted by Crippen LogP contribution is -2.13. The molecule has 0 bridgehead atoms. The number of aryl methyl sites for hydroxylation is 1. The summed E-state index contributed by atoms with van der Waals surface area (Å²) >= 11 is 0. The zero-order valence-electron chi connectivity index (χ0n) is 12.7. The predicted molar refractivity (Wildman–Crippen MR) is 86.5 cm³/mol. The summed E-state index contributed by atoms with van der Waals surface area (Å²) in [5.74, 6) is 0.372. The van der Waals surface area contributed by atoms with E-state index in [-0.39, 0.29) is 18.7 Å². The SMILES string of the molecule is OCCCc1nc2ccccc2n1C[C@@H](O)c1ccccc1F. The molecule has 3 aromatic rings. The van der Waals surface area contributed by atoms with Crippen LogP contribution in [-0.4, -0.2) is 26.4 Å². The maximum absolute atomic E-state index is 13.9. The number of benzene rings is 2. The topological polar surface area (TPSA) is 58.3 Å². The standard InChI is InChI=1S/C18H19FN2O2/c19-14-7-2-1-6-13(14)17(23)12-21-16-9-4-3-8-15(16)20-18(21)10-5-11-22/h1-4,6-9,17,22-23H,5,10-12H2/t17-/m1/s1. The van der Waals surface area contributed by atoms with E-state index in [1.54, 1.807) is 18.2 Å². The van der Waals surface area contributed by atoms with Crippen LogP contribution in [0.2, 0.25) is 0 Å². The first-order chi connectivity index (χ1) is 11.2. The number of aliphatic hydroxyl groups excluding tert-OH is 2. The molecule has 2 aromatic carbocycles. The number of nitrogens with zero attached hydrogens (tertiary/aromatic N) is 2. The van der Waals surface area contributed by atoms with Gasteiger partial charge in [0.15, 0.2) is 0 Å². The molecule has 0 aliphatic heterocycles. The van der Waals surface area contributed by atoms with Crippen molar-refractivity contribution in [3.63, 3.8) is 0 Å². The Morgan fingerprint density at radius 3 is 2.61 bits per heavy atom. The Balaban J connectivity index is 1.96. The van der Waals surface area contributed by atoms with E-state index in [0.717, 1.165) is 16.9 Å². The van der Waals surface area contributed by atoms with E-state index >= 15 is 0 Å². The minimum Gasteiger partial charge on any atom is -0.396 e. The first-order valence-electron chi connectivity index (χ1n) is 7.68. The van der Waals surface area contributed by atoms with Crippen LogP contribution in [0.4, 0.5) is 4.39 Å². The normalized spacial score (nSPS) is 12.7. The summed E-state index contributed by atoms with van der Waals surface area (Å²) in [6, 6.07) is 13.9. The van der Waals surface area contributed by atoms with Crippen LogP contribution in [0.15, 0.2) is 48.5 Å². The molecule has 4 nitrogen and oxygen atoms in total. The van der Waals surface area contributed by atoms with Gasteiger partial charge in [-0.15, -0.1) is 0 Å². The Labute approximate surface area is 133 Å². The number of fused-ring (bicyclic) bond motifs is 1. The zero-order chi connectivity index (χ0) is 16.2. The first-order valence-corrected chi connectivity index (χ1v) is 7.68. The molecule has 0 radical (unpaired) electrons. The summed E-state index contributed by atoms with van der Waals surface area (Å²) in [4.78, 5) is 4.57. The molecule has 0 saturated heterocycles. The van der Waals surface area contributed by atoms with E-state index in [4.69, 9.17) is 5.11 Å². The molecule has 0 unspecified atom stereocenters. The van der Waals surface area contributed by atoms with Crippen LogP contribution in [-0.2, 0) is 13.0 Å². The molecule has 23 heavy (non-hydrogen) atoms. The Hall–Kier alpha value is -2.24. The molecule has 0 aliphatic rings. The number of rotatable bonds is 6. The van der Waals surface area contributed by atoms with Crippen LogP contribution >= 0.6 is 0 Å². The third-order valence-corrected chi connectivity index (χ3v) is 3.91. The van der Waals surface area contributed by atoms with Gasteiger partial charge >= 0.3 is 0 Å². The van der Waals surface area contributed by atoms with Crippen LogP contribution in [0.1, 0.15) is 23.9 Å². The van der Waals surface area contributed by atoms with Crippen LogP contribution in [0, 0.1) is 5.82 Å². The van der Waals surface area contributed by atoms with E-state index in [0.29, 0.717) is 12.8 Å². The summed E-state index contributed by atoms with van der Waals surface area (Å²) in [5, 5.41) is 19.5. The zero-order valence-corrected chi connectivity index (χ0v) is 12.7. The fourth-order valence-electron chi connectivity index (χ4n) is 2.77. The molecule has 0 saturated carbocycles. The second kappa shape index (κ2) is 6.89. The van der Waals surface area contributed by atoms with E-state index < -0.39 is 11.9 Å². The quantitative estimate of drug-likeness (QED) is 0.735. The average Bonchev–Trinajstić information content (AvgIpc) is 2.91. The summed E-state index contributed by atoms with van der Waals surface area (Å²) < 4.78 is 15.8. The van der Waals surface area contributed by atoms with Crippen molar-refractivity contribution in [2.45, 2.75) is 25.5 Å². The highest BCUT2D eigenvalue weighted by Crippen LogP contribution is 2.23. The van der Waals surface area contributed by atoms with Crippen molar-refractivity contribution >= 4 is 11.0 Å². The minimum atomic E-state index is -0.957. The van der Waals surface area contributed by atoms with E-state index in [1.165, 1.54) is 6.07 Å². The molecule has 0 amide bonds. The van der Waals surface area contributed by atoms with Crippen molar-refractivity contribution < 1.29 is 14.6 Å². The summed E-state index contributed by atoms with van der Waals surface area (Å²) in [6.45, 7) is 0.307. The fourth-order valence-corrected chi connectivity index (χ4v) is 2.77. The van der Waals surface area contributed by atoms with Gasteiger partial charge in [-0.3, -0.25) is 0 Å². The molecule has 1 atom stereocenters. The van der Waals surface area contributed by atoms with E-state index in [1.807, 2.05) is 28.8 Å². The van der Waals surface area contributed by atoms with Crippen LogP contribution in [0.5, 0.6) is 0 Å². The van der Waals surface area contributed by atoms with Crippen LogP contribution < -0.4 is 0 Å². The highest BCUT2D eigenvalue weighted by molar-refractivity contribution is 5.75. The van der Waals surface area contributed by atoms with Gasteiger partial charge in [-0.1, -0.05) is 30.3 Å². The molecule has 5 heteroatoms. The summed E-state index contributed by atoms with van der Waals surface area (Å²) in [6.07, 6.45) is 0.246. The number of imidazole rings is 1. The van der Waals surface area contributed by atoms with Gasteiger partial charge in [-0.25, -0.2) is 9.37 Å². The number of aliphatic hydroxyl groups is 2. The number of halogens is 1. The number of hydrogen-bond donors (Lipinski definition) is 2. The van der Waals surface area contributed by atoms with Crippen LogP contribution in [0.25, 0.3) is 11.0 Å². The number of para-hydroxylation sites is 2. The molecular weight excluding hydrogens is 295 g/mol. The Kier molecular flexibility index (Phi) is 4.69. The molecular formula is C18H19FN2O2. The van der Waals surface area contributed by atoms with Crippen molar-refractivity contribution in [3.05, 3.63) is 65.7 Å². The number of hydrogen-bond acceptors (Lipinski definition) is 3. The largest absolute Gasteiger partial charge is 0.396 e. The molecule has 1 heterocycles. The first kappa shape index (κ1) is 15.6. The summed E-state index contributed by atoms with van der Waals surface area (Å²) in [5.41, 5.74) is 2.01. The average molecular weight is 314 g/mol. The van der Waals surface area contributed by atoms with Gasteiger partial charge in [0.25, 0.3) is 0 Å². The lowest BCUT2D eigenvalue weighted by Gasteiger charge is -2.15. The van der Waals surface area contributed by atoms with Crippen LogP contribution in [0.3, 0.4) is 0 Å². The number of aromatic nitrogens is 2. The fraction of sp³-hybridized carbons (Fsp3) is 0.278. The predicted octanol–water partition coefficient (Wildman–Crippen LogP) is 2.83. The highest BCUT2D eigenvalue weighted by Gasteiger charge is 2.17. The lowest BCUT2D eigenvalue weighted by atomic mass is 10.1. The summed E-state index contributed by atoms with van der Waals surface area (Å²) in [7, 11) is 0. The third kappa shape index (κ3) is 3.25. The molecule has 0 aliphatic carbocycles. The molecule has 0 spiro atoms. The molecule has 120 valence electrons. The molecule has 3 rings (SSSR count). The maximum Gasteiger partial charge on any atom is 0.129 e. The van der Waals surface area contributed by atoms with Crippen molar-refractivity contribution in [2.75, 3.05) is 6.61 Å². The van der Waals surface area contributed by atoms with E-state index in [2.05, 4.69) is 4.98 Å². The van der Waals surface area contributed by atoms with Crippen molar-refractivity contribution in [3.8, 4) is 0 Å². The maximum atomic E-state index is 13.9. The van der Waals surface area contributed by atoms with E-state index in [9.17, 15) is 9.50 Å². The molecule has 0 fully saturated rings. The third-order valence-electron chi connectivity index (χ3n) is 3.91. The Morgan fingerprint density at radius 1 is 1.09 bits per heavy atom. The van der Waals surface area contributed by atoms with Gasteiger partial charge in [-0.05, 0) is 24.6 Å². The highest BCUT2D eigenvalue weighted by atomic mass is 19.1. The van der Waals surface area contributed by atoms with Gasteiger partial charge < -0.3 is 14.8 Å². The Bertz CT molecular complexity index is 801. The van der Waals surface area contributed by atoms with Gasteiger partial charge in [0, 0.05) is 18.6 Å². The van der Waals surface area contributed by atoms with Crippen molar-refractivity contribution in [1.82, 2.24) is 9.55 Å². The second-order valence-electron chi connectivity index (χ2n) is 5.49. The monoisotopic (exact) mass is 314 g/mol. The minimum absolute atomic E-state index is 0.0824. The van der Waals surface area contributed by atoms with Gasteiger partial charge in [0.2, 0.25) is 0 Å². The second-order valence-corrected chi connectivity index (χ2v) is 5.49. The van der Waals surface area contributed by atoms with Gasteiger partial charge in [0.05, 0.1) is 23.7 Å². The molecule has 1 aromatic heterocycles. The lowest BCUT2D eigenvalue weighted by molar-refractivity contribution is 0.152. The van der Waals surface area contributed by atoms with Crippen molar-refractivity contribution in [1.29, 1.82) is 0 Å². The molecule has 2 N–H and O–H groups in total. The Morgan fingerprint density at radius 2 is 1.83 bits per heavy atom.